The highest BCUT2D eigenvalue weighted by molar-refractivity contribution is 5.91. The average Bonchev–Trinajstić information content (AvgIpc) is 2.78. The highest BCUT2D eigenvalue weighted by Crippen LogP contribution is 2.39. The minimum absolute atomic E-state index is 0.357. The molecular weight excluding hydrogens is 362 g/mol. The summed E-state index contributed by atoms with van der Waals surface area (Å²) >= 11 is 0. The van der Waals surface area contributed by atoms with Crippen LogP contribution in [0.4, 0.5) is 11.4 Å². The molecule has 0 heterocycles. The highest BCUT2D eigenvalue weighted by atomic mass is 16.5. The van der Waals surface area contributed by atoms with Gasteiger partial charge in [0.05, 0.1) is 25.8 Å². The normalized spacial score (nSPS) is 11.4. The number of aryl methyl sites for hydroxylation is 1. The lowest BCUT2D eigenvalue weighted by Crippen LogP contribution is -2.28. The predicted octanol–water partition coefficient (Wildman–Crippen LogP) is 5.61. The van der Waals surface area contributed by atoms with Crippen molar-refractivity contribution in [1.82, 2.24) is 0 Å². The SMILES string of the molecule is C=C(C(=O)OC)C(c1ccc(C)cc1)N(c1ccccc1)c1ccc(OC)cc1. The molecule has 0 saturated carbocycles. The zero-order valence-corrected chi connectivity index (χ0v) is 17.0. The number of ether oxygens (including phenoxy) is 2. The molecule has 4 heteroatoms. The fraction of sp³-hybridized carbons (Fsp3) is 0.160. The van der Waals surface area contributed by atoms with E-state index >= 15 is 0 Å². The van der Waals surface area contributed by atoms with E-state index in [1.165, 1.54) is 7.11 Å². The van der Waals surface area contributed by atoms with Gasteiger partial charge in [0, 0.05) is 11.4 Å². The Bertz CT molecular complexity index is 963. The molecular formula is C25H25NO3. The number of para-hydroxylation sites is 1. The molecule has 1 unspecified atom stereocenters. The summed E-state index contributed by atoms with van der Waals surface area (Å²) in [6, 6.07) is 25.3. The summed E-state index contributed by atoms with van der Waals surface area (Å²) in [7, 11) is 3.01. The first-order chi connectivity index (χ1) is 14.0. The van der Waals surface area contributed by atoms with Crippen LogP contribution < -0.4 is 9.64 Å². The van der Waals surface area contributed by atoms with Gasteiger partial charge in [-0.15, -0.1) is 0 Å². The first-order valence-electron chi connectivity index (χ1n) is 9.37. The molecule has 0 fully saturated rings. The van der Waals surface area contributed by atoms with E-state index in [2.05, 4.69) is 11.5 Å². The van der Waals surface area contributed by atoms with Crippen molar-refractivity contribution in [3.8, 4) is 5.75 Å². The zero-order valence-electron chi connectivity index (χ0n) is 17.0. The molecule has 3 aromatic carbocycles. The first-order valence-corrected chi connectivity index (χ1v) is 9.37. The lowest BCUT2D eigenvalue weighted by atomic mass is 9.95. The molecule has 0 N–H and O–H groups in total. The van der Waals surface area contributed by atoms with E-state index in [4.69, 9.17) is 9.47 Å². The van der Waals surface area contributed by atoms with Crippen LogP contribution in [0.2, 0.25) is 0 Å². The summed E-state index contributed by atoms with van der Waals surface area (Å²) in [6.07, 6.45) is 0. The number of hydrogen-bond donors (Lipinski definition) is 0. The topological polar surface area (TPSA) is 38.8 Å². The second-order valence-electron chi connectivity index (χ2n) is 6.73. The Kier molecular flexibility index (Phi) is 6.35. The Morgan fingerprint density at radius 1 is 0.862 bits per heavy atom. The van der Waals surface area contributed by atoms with Crippen LogP contribution in [0.15, 0.2) is 91.0 Å². The quantitative estimate of drug-likeness (QED) is 0.390. The van der Waals surface area contributed by atoms with Crippen LogP contribution in [0.1, 0.15) is 17.2 Å². The third kappa shape index (κ3) is 4.49. The van der Waals surface area contributed by atoms with Crippen molar-refractivity contribution in [2.24, 2.45) is 0 Å². The third-order valence-electron chi connectivity index (χ3n) is 4.81. The number of carbonyl (C=O) groups excluding carboxylic acids is 1. The minimum Gasteiger partial charge on any atom is -0.497 e. The van der Waals surface area contributed by atoms with Crippen LogP contribution in [0.25, 0.3) is 0 Å². The number of esters is 1. The molecule has 0 spiro atoms. The van der Waals surface area contributed by atoms with Crippen molar-refractivity contribution in [3.63, 3.8) is 0 Å². The van der Waals surface area contributed by atoms with Crippen LogP contribution in [-0.2, 0) is 9.53 Å². The smallest absolute Gasteiger partial charge is 0.335 e. The Morgan fingerprint density at radius 3 is 2.00 bits per heavy atom. The number of carbonyl (C=O) groups is 1. The maximum atomic E-state index is 12.5. The maximum absolute atomic E-state index is 12.5. The van der Waals surface area contributed by atoms with E-state index in [1.54, 1.807) is 7.11 Å². The maximum Gasteiger partial charge on any atom is 0.335 e. The molecule has 4 nitrogen and oxygen atoms in total. The van der Waals surface area contributed by atoms with E-state index in [0.29, 0.717) is 5.57 Å². The van der Waals surface area contributed by atoms with Gasteiger partial charge in [-0.1, -0.05) is 54.6 Å². The van der Waals surface area contributed by atoms with Gasteiger partial charge in [-0.05, 0) is 48.9 Å². The Hall–Kier alpha value is -3.53. The van der Waals surface area contributed by atoms with Crippen LogP contribution >= 0.6 is 0 Å². The summed E-state index contributed by atoms with van der Waals surface area (Å²) in [5, 5.41) is 0. The van der Waals surface area contributed by atoms with Crippen molar-refractivity contribution < 1.29 is 14.3 Å². The van der Waals surface area contributed by atoms with Gasteiger partial charge >= 0.3 is 5.97 Å². The minimum atomic E-state index is -0.440. The van der Waals surface area contributed by atoms with Crippen molar-refractivity contribution in [1.29, 1.82) is 0 Å². The number of methoxy groups -OCH3 is 2. The summed E-state index contributed by atoms with van der Waals surface area (Å²) in [6.45, 7) is 6.12. The summed E-state index contributed by atoms with van der Waals surface area (Å²) in [5.41, 5.74) is 4.30. The third-order valence-corrected chi connectivity index (χ3v) is 4.81. The molecule has 0 radical (unpaired) electrons. The summed E-state index contributed by atoms with van der Waals surface area (Å²) in [5.74, 6) is 0.324. The van der Waals surface area contributed by atoms with Crippen LogP contribution in [-0.4, -0.2) is 20.2 Å². The van der Waals surface area contributed by atoms with Crippen molar-refractivity contribution >= 4 is 17.3 Å². The second-order valence-corrected chi connectivity index (χ2v) is 6.73. The largest absolute Gasteiger partial charge is 0.497 e. The van der Waals surface area contributed by atoms with Gasteiger partial charge in [0.15, 0.2) is 0 Å². The first kappa shape index (κ1) is 20.2. The van der Waals surface area contributed by atoms with Gasteiger partial charge in [0.2, 0.25) is 0 Å². The van der Waals surface area contributed by atoms with Gasteiger partial charge in [-0.25, -0.2) is 4.79 Å². The van der Waals surface area contributed by atoms with Crippen molar-refractivity contribution in [2.45, 2.75) is 13.0 Å². The summed E-state index contributed by atoms with van der Waals surface area (Å²) < 4.78 is 10.3. The summed E-state index contributed by atoms with van der Waals surface area (Å²) in [4.78, 5) is 14.6. The number of nitrogens with zero attached hydrogens (tertiary/aromatic N) is 1. The number of rotatable bonds is 7. The van der Waals surface area contributed by atoms with Gasteiger partial charge in [-0.2, -0.15) is 0 Å². The van der Waals surface area contributed by atoms with Crippen molar-refractivity contribution in [3.05, 3.63) is 102 Å². The second kappa shape index (κ2) is 9.11. The van der Waals surface area contributed by atoms with Crippen molar-refractivity contribution in [2.75, 3.05) is 19.1 Å². The molecule has 0 aliphatic carbocycles. The Morgan fingerprint density at radius 2 is 1.45 bits per heavy atom. The number of hydrogen-bond acceptors (Lipinski definition) is 4. The molecule has 3 rings (SSSR count). The van der Waals surface area contributed by atoms with E-state index in [-0.39, 0.29) is 0 Å². The van der Waals surface area contributed by atoms with E-state index in [0.717, 1.165) is 28.3 Å². The van der Waals surface area contributed by atoms with E-state index < -0.39 is 12.0 Å². The van der Waals surface area contributed by atoms with Crippen LogP contribution in [0, 0.1) is 6.92 Å². The predicted molar refractivity (Wildman–Crippen MR) is 117 cm³/mol. The molecule has 0 aliphatic rings. The highest BCUT2D eigenvalue weighted by Gasteiger charge is 2.29. The fourth-order valence-electron chi connectivity index (χ4n) is 3.28. The molecule has 0 bridgehead atoms. The average molecular weight is 387 g/mol. The van der Waals surface area contributed by atoms with Gasteiger partial charge in [-0.3, -0.25) is 0 Å². The Labute approximate surface area is 172 Å². The molecule has 0 aliphatic heterocycles. The van der Waals surface area contributed by atoms with E-state index in [1.807, 2.05) is 85.8 Å². The monoisotopic (exact) mass is 387 g/mol. The van der Waals surface area contributed by atoms with Gasteiger partial charge in [0.25, 0.3) is 0 Å². The molecule has 148 valence electrons. The molecule has 3 aromatic rings. The Balaban J connectivity index is 2.19. The molecule has 0 saturated heterocycles. The molecule has 0 aromatic heterocycles. The van der Waals surface area contributed by atoms with Gasteiger partial charge < -0.3 is 14.4 Å². The molecule has 29 heavy (non-hydrogen) atoms. The van der Waals surface area contributed by atoms with E-state index in [9.17, 15) is 4.79 Å². The molecule has 0 amide bonds. The van der Waals surface area contributed by atoms with Gasteiger partial charge in [0.1, 0.15) is 5.75 Å². The lowest BCUT2D eigenvalue weighted by molar-refractivity contribution is -0.136. The fourth-order valence-corrected chi connectivity index (χ4v) is 3.28. The number of benzene rings is 3. The zero-order chi connectivity index (χ0) is 20.8. The lowest BCUT2D eigenvalue weighted by Gasteiger charge is -2.35. The number of anilines is 2. The van der Waals surface area contributed by atoms with Crippen LogP contribution in [0.3, 0.4) is 0 Å². The molecule has 1 atom stereocenters. The van der Waals surface area contributed by atoms with Crippen LogP contribution in [0.5, 0.6) is 5.75 Å². The standard InChI is InChI=1S/C25H25NO3/c1-18-10-12-20(13-11-18)24(19(2)25(27)29-4)26(21-8-6-5-7-9-21)22-14-16-23(28-3)17-15-22/h5-17,24H,2H2,1,3-4H3.